The summed E-state index contributed by atoms with van der Waals surface area (Å²) >= 11 is 4.67. The maximum Gasteiger partial charge on any atom is 0.266 e. The van der Waals surface area contributed by atoms with Gasteiger partial charge in [0.25, 0.3) is 5.91 Å². The fourth-order valence-electron chi connectivity index (χ4n) is 1.59. The predicted molar refractivity (Wildman–Crippen MR) is 85.7 cm³/mol. The van der Waals surface area contributed by atoms with Crippen LogP contribution in [0.2, 0.25) is 0 Å². The van der Waals surface area contributed by atoms with Crippen LogP contribution in [0.15, 0.2) is 40.2 Å². The van der Waals surface area contributed by atoms with Crippen molar-refractivity contribution in [3.8, 4) is 5.75 Å². The van der Waals surface area contributed by atoms with Gasteiger partial charge in [-0.25, -0.2) is 0 Å². The van der Waals surface area contributed by atoms with Crippen LogP contribution in [0, 0.1) is 0 Å². The Labute approximate surface area is 134 Å². The van der Waals surface area contributed by atoms with Crippen LogP contribution in [0.4, 0.5) is 5.69 Å². The number of anilines is 1. The van der Waals surface area contributed by atoms with E-state index in [4.69, 9.17) is 10.5 Å². The highest BCUT2D eigenvalue weighted by molar-refractivity contribution is 9.10. The number of amides is 2. The van der Waals surface area contributed by atoms with Crippen LogP contribution in [0.5, 0.6) is 5.75 Å². The Morgan fingerprint density at radius 3 is 2.71 bits per heavy atom. The lowest BCUT2D eigenvalue weighted by Gasteiger charge is -2.11. The van der Waals surface area contributed by atoms with Crippen LogP contribution in [0.1, 0.15) is 16.1 Å². The third-order valence-corrected chi connectivity index (χ3v) is 4.40. The Balaban J connectivity index is 2.07. The Morgan fingerprint density at radius 1 is 1.29 bits per heavy atom. The number of ether oxygens (including phenoxy) is 1. The second-order valence-corrected chi connectivity index (χ2v) is 5.88. The van der Waals surface area contributed by atoms with Gasteiger partial charge in [0.2, 0.25) is 5.91 Å². The highest BCUT2D eigenvalue weighted by Crippen LogP contribution is 2.27. The zero-order valence-corrected chi connectivity index (χ0v) is 13.4. The van der Waals surface area contributed by atoms with Crippen LogP contribution >= 0.6 is 27.3 Å². The Kier molecular flexibility index (Phi) is 5.35. The number of para-hydroxylation sites is 2. The Bertz CT molecular complexity index is 657. The van der Waals surface area contributed by atoms with E-state index < -0.39 is 5.91 Å². The highest BCUT2D eigenvalue weighted by Gasteiger charge is 2.13. The molecule has 0 radical (unpaired) electrons. The number of carbonyl (C=O) groups excluding carboxylic acids is 2. The molecule has 1 aromatic carbocycles. The summed E-state index contributed by atoms with van der Waals surface area (Å²) in [5, 5.41) is 4.62. The Hall–Kier alpha value is -1.86. The zero-order chi connectivity index (χ0) is 15.2. The third kappa shape index (κ3) is 4.30. The van der Waals surface area contributed by atoms with Crippen molar-refractivity contribution >= 4 is 44.8 Å². The first-order chi connectivity index (χ1) is 10.1. The molecule has 0 fully saturated rings. The number of hydrogen-bond acceptors (Lipinski definition) is 4. The van der Waals surface area contributed by atoms with Gasteiger partial charge in [-0.1, -0.05) is 12.1 Å². The molecule has 1 aromatic heterocycles. The topological polar surface area (TPSA) is 81.4 Å². The van der Waals surface area contributed by atoms with Crippen molar-refractivity contribution in [1.82, 2.24) is 0 Å². The molecule has 0 aliphatic heterocycles. The smallest absolute Gasteiger partial charge is 0.266 e. The number of benzene rings is 1. The minimum absolute atomic E-state index is 0.124. The van der Waals surface area contributed by atoms with Crippen LogP contribution in [-0.2, 0) is 4.79 Å². The lowest BCUT2D eigenvalue weighted by Crippen LogP contribution is -2.16. The number of hydrogen-bond donors (Lipinski definition) is 2. The minimum atomic E-state index is -0.431. The molecule has 2 amide bonds. The standard InChI is InChI=1S/C14H13BrN2O3S/c15-9-6-8-21-13(9)14(19)17-10-3-1-2-4-11(10)20-7-5-12(16)18/h1-4,6,8H,5,7H2,(H2,16,18)(H,17,19). The first kappa shape index (κ1) is 15.5. The molecule has 2 rings (SSSR count). The van der Waals surface area contributed by atoms with Gasteiger partial charge >= 0.3 is 0 Å². The van der Waals surface area contributed by atoms with Crippen LogP contribution in [0.3, 0.4) is 0 Å². The van der Waals surface area contributed by atoms with E-state index in [9.17, 15) is 9.59 Å². The summed E-state index contributed by atoms with van der Waals surface area (Å²) in [5.41, 5.74) is 5.61. The summed E-state index contributed by atoms with van der Waals surface area (Å²) in [6.45, 7) is 0.172. The summed E-state index contributed by atoms with van der Waals surface area (Å²) < 4.78 is 6.22. The Morgan fingerprint density at radius 2 is 2.05 bits per heavy atom. The van der Waals surface area contributed by atoms with Gasteiger partial charge in [-0.3, -0.25) is 9.59 Å². The number of carbonyl (C=O) groups is 2. The summed E-state index contributed by atoms with van der Waals surface area (Å²) in [7, 11) is 0. The van der Waals surface area contributed by atoms with Crippen molar-refractivity contribution < 1.29 is 14.3 Å². The maximum absolute atomic E-state index is 12.2. The molecule has 0 bridgehead atoms. The number of nitrogens with one attached hydrogen (secondary N) is 1. The number of nitrogens with two attached hydrogens (primary N) is 1. The zero-order valence-electron chi connectivity index (χ0n) is 11.0. The normalized spacial score (nSPS) is 10.1. The van der Waals surface area contributed by atoms with Crippen LogP contribution < -0.4 is 15.8 Å². The highest BCUT2D eigenvalue weighted by atomic mass is 79.9. The number of thiophene rings is 1. The number of halogens is 1. The molecule has 0 saturated heterocycles. The van der Waals surface area contributed by atoms with E-state index in [1.54, 1.807) is 24.3 Å². The van der Waals surface area contributed by atoms with E-state index >= 15 is 0 Å². The van der Waals surface area contributed by atoms with Gasteiger partial charge in [0.05, 0.1) is 18.7 Å². The van der Waals surface area contributed by atoms with E-state index in [1.165, 1.54) is 11.3 Å². The van der Waals surface area contributed by atoms with Crippen molar-refractivity contribution in [2.45, 2.75) is 6.42 Å². The molecule has 5 nitrogen and oxygen atoms in total. The van der Waals surface area contributed by atoms with Crippen molar-refractivity contribution in [2.75, 3.05) is 11.9 Å². The molecule has 0 aliphatic rings. The van der Waals surface area contributed by atoms with E-state index in [2.05, 4.69) is 21.2 Å². The molecule has 0 saturated carbocycles. The molecule has 7 heteroatoms. The predicted octanol–water partition coefficient (Wildman–Crippen LogP) is 3.02. The summed E-state index contributed by atoms with van der Waals surface area (Å²) in [6, 6.07) is 8.85. The van der Waals surface area contributed by atoms with Crippen LogP contribution in [-0.4, -0.2) is 18.4 Å². The molecule has 2 aromatic rings. The van der Waals surface area contributed by atoms with E-state index in [1.807, 2.05) is 11.4 Å². The fourth-order valence-corrected chi connectivity index (χ4v) is 3.04. The third-order valence-electron chi connectivity index (χ3n) is 2.56. The first-order valence-electron chi connectivity index (χ1n) is 6.12. The van der Waals surface area contributed by atoms with E-state index in [0.717, 1.165) is 4.47 Å². The second kappa shape index (κ2) is 7.24. The second-order valence-electron chi connectivity index (χ2n) is 4.11. The monoisotopic (exact) mass is 368 g/mol. The lowest BCUT2D eigenvalue weighted by molar-refractivity contribution is -0.118. The minimum Gasteiger partial charge on any atom is -0.491 e. The van der Waals surface area contributed by atoms with Gasteiger partial charge in [-0.05, 0) is 39.5 Å². The average molecular weight is 369 g/mol. The van der Waals surface area contributed by atoms with E-state index in [-0.39, 0.29) is 18.9 Å². The molecule has 21 heavy (non-hydrogen) atoms. The van der Waals surface area contributed by atoms with Crippen molar-refractivity contribution in [3.63, 3.8) is 0 Å². The SMILES string of the molecule is NC(=O)CCOc1ccccc1NC(=O)c1sccc1Br. The largest absolute Gasteiger partial charge is 0.491 e. The van der Waals surface area contributed by atoms with Gasteiger partial charge < -0.3 is 15.8 Å². The lowest BCUT2D eigenvalue weighted by atomic mass is 10.3. The van der Waals surface area contributed by atoms with Gasteiger partial charge in [0.1, 0.15) is 10.6 Å². The van der Waals surface area contributed by atoms with Crippen molar-refractivity contribution in [1.29, 1.82) is 0 Å². The molecular formula is C14H13BrN2O3S. The molecule has 0 atom stereocenters. The van der Waals surface area contributed by atoms with Crippen molar-refractivity contribution in [3.05, 3.63) is 45.1 Å². The summed E-state index contributed by atoms with van der Waals surface area (Å²) in [5.74, 6) is -0.151. The van der Waals surface area contributed by atoms with Gasteiger partial charge in [-0.15, -0.1) is 11.3 Å². The molecule has 0 aliphatic carbocycles. The van der Waals surface area contributed by atoms with Gasteiger partial charge in [0.15, 0.2) is 0 Å². The summed E-state index contributed by atoms with van der Waals surface area (Å²) in [4.78, 5) is 23.5. The molecule has 0 unspecified atom stereocenters. The quantitative estimate of drug-likeness (QED) is 0.821. The summed E-state index contributed by atoms with van der Waals surface area (Å²) in [6.07, 6.45) is 0.124. The average Bonchev–Trinajstić information content (AvgIpc) is 2.86. The van der Waals surface area contributed by atoms with Crippen molar-refractivity contribution in [2.24, 2.45) is 5.73 Å². The maximum atomic E-state index is 12.2. The fraction of sp³-hybridized carbons (Fsp3) is 0.143. The molecular weight excluding hydrogens is 356 g/mol. The molecule has 110 valence electrons. The number of primary amides is 1. The molecule has 3 N–H and O–H groups in total. The molecule has 1 heterocycles. The number of rotatable bonds is 6. The molecule has 0 spiro atoms. The van der Waals surface area contributed by atoms with Crippen LogP contribution in [0.25, 0.3) is 0 Å². The van der Waals surface area contributed by atoms with E-state index in [0.29, 0.717) is 16.3 Å². The van der Waals surface area contributed by atoms with Gasteiger partial charge in [0, 0.05) is 4.47 Å². The first-order valence-corrected chi connectivity index (χ1v) is 7.79. The van der Waals surface area contributed by atoms with Gasteiger partial charge in [-0.2, -0.15) is 0 Å².